The summed E-state index contributed by atoms with van der Waals surface area (Å²) in [7, 11) is 0. The second-order valence-corrected chi connectivity index (χ2v) is 10.6. The molecule has 11 N–H and O–H groups in total. The number of hydrogen-bond acceptors (Lipinski definition) is 16. The zero-order chi connectivity index (χ0) is 32.2. The van der Waals surface area contributed by atoms with Crippen molar-refractivity contribution in [2.45, 2.75) is 113 Å². The van der Waals surface area contributed by atoms with Crippen LogP contribution in [0.2, 0.25) is 0 Å². The number of aliphatic hydroxyl groups excluding tert-OH is 8. The summed E-state index contributed by atoms with van der Waals surface area (Å²) in [5.41, 5.74) is 0. The van der Waals surface area contributed by atoms with Crippen molar-refractivity contribution in [1.82, 2.24) is 16.0 Å². The second-order valence-electron chi connectivity index (χ2n) is 10.6. The molecule has 0 aromatic carbocycles. The van der Waals surface area contributed by atoms with Gasteiger partial charge in [-0.2, -0.15) is 0 Å². The van der Waals surface area contributed by atoms with E-state index in [1.807, 2.05) is 0 Å². The smallest absolute Gasteiger partial charge is 0.217 e. The van der Waals surface area contributed by atoms with Crippen molar-refractivity contribution in [3.8, 4) is 0 Å². The van der Waals surface area contributed by atoms with E-state index in [1.165, 1.54) is 0 Å². The van der Waals surface area contributed by atoms with Gasteiger partial charge in [0.1, 0.15) is 73.1 Å². The molecular weight excluding hydrogens is 586 g/mol. The molecule has 0 aromatic rings. The number of carbonyl (C=O) groups excluding carboxylic acids is 3. The largest absolute Gasteiger partial charge is 0.394 e. The highest BCUT2D eigenvalue weighted by Crippen LogP contribution is 2.27. The van der Waals surface area contributed by atoms with Crippen molar-refractivity contribution in [3.05, 3.63) is 0 Å². The van der Waals surface area contributed by atoms with E-state index in [1.54, 1.807) is 0 Å². The first-order chi connectivity index (χ1) is 20.2. The van der Waals surface area contributed by atoms with Crippen LogP contribution in [0.3, 0.4) is 0 Å². The van der Waals surface area contributed by atoms with Crippen LogP contribution in [0.5, 0.6) is 0 Å². The van der Waals surface area contributed by atoms with Crippen molar-refractivity contribution in [3.63, 3.8) is 0 Å². The van der Waals surface area contributed by atoms with Crippen LogP contribution in [-0.2, 0) is 38.1 Å². The molecule has 3 aliphatic heterocycles. The number of carbonyl (C=O) groups is 3. The molecule has 3 saturated heterocycles. The normalized spacial score (nSPS) is 43.5. The van der Waals surface area contributed by atoms with E-state index in [0.29, 0.717) is 0 Å². The molecule has 0 radical (unpaired) electrons. The van der Waals surface area contributed by atoms with Crippen molar-refractivity contribution in [2.24, 2.45) is 0 Å². The topological polar surface area (TPSA) is 295 Å². The summed E-state index contributed by atoms with van der Waals surface area (Å²) in [5.74, 6) is -1.82. The van der Waals surface area contributed by atoms with Gasteiger partial charge in [-0.25, -0.2) is 0 Å². The summed E-state index contributed by atoms with van der Waals surface area (Å²) < 4.78 is 27.8. The minimum atomic E-state index is -1.73. The fourth-order valence-electron chi connectivity index (χ4n) is 5.07. The number of amides is 3. The molecule has 248 valence electrons. The van der Waals surface area contributed by atoms with Crippen molar-refractivity contribution < 1.29 is 78.9 Å². The molecule has 0 unspecified atom stereocenters. The Morgan fingerprint density at radius 1 is 0.558 bits per heavy atom. The fraction of sp³-hybridized carbons (Fsp3) is 0.875. The Kier molecular flexibility index (Phi) is 12.5. The predicted molar refractivity (Wildman–Crippen MR) is 136 cm³/mol. The monoisotopic (exact) mass is 627 g/mol. The van der Waals surface area contributed by atoms with Crippen LogP contribution in [0, 0.1) is 0 Å². The van der Waals surface area contributed by atoms with Crippen LogP contribution in [0.25, 0.3) is 0 Å². The third-order valence-electron chi connectivity index (χ3n) is 7.26. The van der Waals surface area contributed by atoms with Crippen molar-refractivity contribution in [1.29, 1.82) is 0 Å². The maximum absolute atomic E-state index is 11.8. The Bertz CT molecular complexity index is 962. The van der Waals surface area contributed by atoms with Crippen LogP contribution in [0.15, 0.2) is 0 Å². The van der Waals surface area contributed by atoms with E-state index in [-0.39, 0.29) is 0 Å². The third kappa shape index (κ3) is 8.54. The Hall–Kier alpha value is -2.11. The Morgan fingerprint density at radius 2 is 0.907 bits per heavy atom. The molecule has 19 nitrogen and oxygen atoms in total. The van der Waals surface area contributed by atoms with Crippen LogP contribution in [-0.4, -0.2) is 170 Å². The SMILES string of the molecule is CC(=O)N[C@@H]1[C@@H](O)[C@H](O)[C@@H](CO[C@@H]2O[C@H](CO[C@@H]3O[C@H](CO)[C@@H](O)[C@H](O)[C@H]3NC(C)=O)[C@@H](O)[C@H](O)[C@H]2NC(C)=O)O[C@@H]1O. The lowest BCUT2D eigenvalue weighted by atomic mass is 9.95. The zero-order valence-electron chi connectivity index (χ0n) is 23.6. The molecule has 3 amide bonds. The number of rotatable bonds is 10. The van der Waals surface area contributed by atoms with Gasteiger partial charge in [-0.3, -0.25) is 14.4 Å². The molecule has 3 heterocycles. The van der Waals surface area contributed by atoms with Gasteiger partial charge in [0.05, 0.1) is 19.8 Å². The minimum Gasteiger partial charge on any atom is -0.394 e. The van der Waals surface area contributed by atoms with E-state index in [2.05, 4.69) is 16.0 Å². The van der Waals surface area contributed by atoms with Gasteiger partial charge in [0.2, 0.25) is 17.7 Å². The molecule has 3 fully saturated rings. The molecule has 0 saturated carbocycles. The first-order valence-electron chi connectivity index (χ1n) is 13.5. The molecule has 0 aromatic heterocycles. The Labute approximate surface area is 245 Å². The van der Waals surface area contributed by atoms with Gasteiger partial charge >= 0.3 is 0 Å². The molecule has 15 atom stereocenters. The average molecular weight is 628 g/mol. The van der Waals surface area contributed by atoms with Gasteiger partial charge in [0.15, 0.2) is 18.9 Å². The summed E-state index contributed by atoms with van der Waals surface area (Å²) in [6.07, 6.45) is -18.6. The highest BCUT2D eigenvalue weighted by atomic mass is 16.7. The highest BCUT2D eigenvalue weighted by Gasteiger charge is 2.50. The van der Waals surface area contributed by atoms with E-state index < -0.39 is 129 Å². The molecule has 0 aliphatic carbocycles. The molecule has 43 heavy (non-hydrogen) atoms. The lowest BCUT2D eigenvalue weighted by Crippen LogP contribution is -2.67. The number of hydrogen-bond donors (Lipinski definition) is 11. The van der Waals surface area contributed by atoms with E-state index in [0.717, 1.165) is 20.8 Å². The van der Waals surface area contributed by atoms with E-state index in [4.69, 9.17) is 23.7 Å². The lowest BCUT2D eigenvalue weighted by Gasteiger charge is -2.45. The summed E-state index contributed by atoms with van der Waals surface area (Å²) >= 11 is 0. The van der Waals surface area contributed by atoms with E-state index >= 15 is 0 Å². The Morgan fingerprint density at radius 3 is 1.33 bits per heavy atom. The third-order valence-corrected chi connectivity index (χ3v) is 7.26. The molecule has 19 heteroatoms. The molecule has 3 rings (SSSR count). The molecule has 3 aliphatic rings. The van der Waals surface area contributed by atoms with Gasteiger partial charge in [-0.05, 0) is 0 Å². The van der Waals surface area contributed by atoms with Crippen LogP contribution < -0.4 is 16.0 Å². The molecule has 0 spiro atoms. The standard InChI is InChI=1S/C24H41N3O16/c1-7(29)25-13-19(35)17(33)11(41-22(13)38)5-39-24-15(27-9(3)31)21(37)18(34)12(43-24)6-40-23-14(26-8(2)30)20(36)16(32)10(4-28)42-23/h10-24,28,32-38H,4-6H2,1-3H3,(H,25,29)(H,26,30)(H,27,31)/t10-,11-,12-,13-,14-,15-,16-,17-,18-,19-,20-,21-,22+,23-,24-/m1/s1. The van der Waals surface area contributed by atoms with Gasteiger partial charge in [0, 0.05) is 20.8 Å². The van der Waals surface area contributed by atoms with Crippen LogP contribution in [0.1, 0.15) is 20.8 Å². The summed E-state index contributed by atoms with van der Waals surface area (Å²) in [6, 6.07) is -4.00. The number of ether oxygens (including phenoxy) is 5. The predicted octanol–water partition coefficient (Wildman–Crippen LogP) is -7.14. The number of nitrogens with one attached hydrogen (secondary N) is 3. The van der Waals surface area contributed by atoms with Crippen molar-refractivity contribution >= 4 is 17.7 Å². The number of aliphatic hydroxyl groups is 8. The maximum atomic E-state index is 11.8. The lowest BCUT2D eigenvalue weighted by molar-refractivity contribution is -0.313. The maximum Gasteiger partial charge on any atom is 0.217 e. The van der Waals surface area contributed by atoms with Crippen LogP contribution in [0.4, 0.5) is 0 Å². The fourth-order valence-corrected chi connectivity index (χ4v) is 5.07. The summed E-state index contributed by atoms with van der Waals surface area (Å²) in [5, 5.41) is 89.8. The van der Waals surface area contributed by atoms with Gasteiger partial charge in [-0.15, -0.1) is 0 Å². The highest BCUT2D eigenvalue weighted by molar-refractivity contribution is 5.74. The Balaban J connectivity index is 1.72. The van der Waals surface area contributed by atoms with Crippen LogP contribution >= 0.6 is 0 Å². The first-order valence-corrected chi connectivity index (χ1v) is 13.5. The molecular formula is C24H41N3O16. The minimum absolute atomic E-state index is 0.565. The second kappa shape index (κ2) is 15.3. The summed E-state index contributed by atoms with van der Waals surface area (Å²) in [4.78, 5) is 34.8. The quantitative estimate of drug-likeness (QED) is 0.107. The zero-order valence-corrected chi connectivity index (χ0v) is 23.6. The average Bonchev–Trinajstić information content (AvgIpc) is 2.93. The van der Waals surface area contributed by atoms with Crippen molar-refractivity contribution in [2.75, 3.05) is 19.8 Å². The van der Waals surface area contributed by atoms with Gasteiger partial charge in [-0.1, -0.05) is 0 Å². The first kappa shape index (κ1) is 35.4. The van der Waals surface area contributed by atoms with Gasteiger partial charge in [0.25, 0.3) is 0 Å². The summed E-state index contributed by atoms with van der Waals surface area (Å²) in [6.45, 7) is 1.58. The van der Waals surface area contributed by atoms with Gasteiger partial charge < -0.3 is 80.5 Å². The van der Waals surface area contributed by atoms with E-state index in [9.17, 15) is 55.2 Å². The molecule has 0 bridgehead atoms.